The Labute approximate surface area is 82.7 Å². The van der Waals surface area contributed by atoms with Gasteiger partial charge in [0.25, 0.3) is 1.43 Å². The number of rotatable bonds is 5. The second-order valence-corrected chi connectivity index (χ2v) is 2.96. The highest BCUT2D eigenvalue weighted by Crippen LogP contribution is 2.10. The summed E-state index contributed by atoms with van der Waals surface area (Å²) in [6, 6.07) is 9.54. The van der Waals surface area contributed by atoms with Crippen molar-refractivity contribution in [3.8, 4) is 0 Å². The highest BCUT2D eigenvalue weighted by atomic mass is 17.1. The zero-order valence-corrected chi connectivity index (χ0v) is 7.49. The van der Waals surface area contributed by atoms with E-state index in [9.17, 15) is 0 Å². The summed E-state index contributed by atoms with van der Waals surface area (Å²) in [6.07, 6.45) is -0.0859. The van der Waals surface area contributed by atoms with Crippen LogP contribution in [0.3, 0.4) is 0 Å². The van der Waals surface area contributed by atoms with Crippen LogP contribution in [0.1, 0.15) is 15.2 Å². The quantitative estimate of drug-likeness (QED) is 0.430. The van der Waals surface area contributed by atoms with Crippen LogP contribution >= 0.6 is 0 Å². The van der Waals surface area contributed by atoms with Crippen LogP contribution in [0.25, 0.3) is 1.43 Å². The van der Waals surface area contributed by atoms with Gasteiger partial charge in [-0.2, -0.15) is 0 Å². The van der Waals surface area contributed by atoms with Crippen LogP contribution < -0.4 is 0 Å². The fraction of sp³-hybridized carbons (Fsp3) is 0.273. The molecule has 0 saturated carbocycles. The molecule has 0 heterocycles. The molecule has 0 radical (unpaired) electrons. The Morgan fingerprint density at radius 1 is 1.69 bits per heavy atom. The SMILES string of the molecule is [2H]OOC(Cc1ccccc1)C(C)=C([2H])[2H]. The zero-order chi connectivity index (χ0) is 12.0. The standard InChI is InChI=1S/C11H14O2/c1-9(2)11(13-12)8-10-6-4-3-5-7-10/h3-7,11-12H,1,8H2,2H3/i1D2/hD. The monoisotopic (exact) mass is 181 g/mol. The van der Waals surface area contributed by atoms with Gasteiger partial charge in [0.15, 0.2) is 0 Å². The van der Waals surface area contributed by atoms with E-state index in [0.717, 1.165) is 5.56 Å². The molecule has 1 N–H and O–H groups in total. The van der Waals surface area contributed by atoms with Crippen molar-refractivity contribution < 1.29 is 12.9 Å². The molecule has 1 atom stereocenters. The lowest BCUT2D eigenvalue weighted by Gasteiger charge is -2.12. The summed E-state index contributed by atoms with van der Waals surface area (Å²) < 4.78 is 21.0. The molecule has 0 aliphatic rings. The van der Waals surface area contributed by atoms with Gasteiger partial charge < -0.3 is 0 Å². The average molecular weight is 181 g/mol. The average Bonchev–Trinajstić information content (AvgIpc) is 2.29. The second kappa shape index (κ2) is 4.80. The van der Waals surface area contributed by atoms with Crippen LogP contribution in [0.15, 0.2) is 42.4 Å². The maximum absolute atomic E-state index is 7.21. The molecule has 0 spiro atoms. The van der Waals surface area contributed by atoms with Gasteiger partial charge in [-0.15, -0.1) is 0 Å². The van der Waals surface area contributed by atoms with Crippen LogP contribution in [-0.4, -0.2) is 11.4 Å². The Morgan fingerprint density at radius 2 is 2.46 bits per heavy atom. The van der Waals surface area contributed by atoms with E-state index < -0.39 is 6.10 Å². The summed E-state index contributed by atoms with van der Waals surface area (Å²) in [4.78, 5) is 4.74. The van der Waals surface area contributed by atoms with E-state index in [4.69, 9.17) is 9.06 Å². The fourth-order valence-electron chi connectivity index (χ4n) is 1.09. The molecule has 2 heteroatoms. The van der Waals surface area contributed by atoms with Crippen molar-refractivity contribution in [1.82, 2.24) is 0 Å². The van der Waals surface area contributed by atoms with E-state index in [1.807, 2.05) is 30.3 Å². The number of hydrogen-bond donors (Lipinski definition) is 1. The first-order valence-electron chi connectivity index (χ1n) is 5.52. The van der Waals surface area contributed by atoms with Gasteiger partial charge in [0.1, 0.15) is 6.10 Å². The van der Waals surface area contributed by atoms with Gasteiger partial charge in [-0.05, 0) is 18.1 Å². The molecule has 0 aromatic heterocycles. The summed E-state index contributed by atoms with van der Waals surface area (Å²) >= 11 is 0. The molecule has 0 saturated heterocycles. The molecular formula is C11H14O2. The van der Waals surface area contributed by atoms with Crippen molar-refractivity contribution >= 4 is 0 Å². The topological polar surface area (TPSA) is 29.5 Å². The Morgan fingerprint density at radius 3 is 3.08 bits per heavy atom. The zero-order valence-electron chi connectivity index (χ0n) is 10.5. The third-order valence-electron chi connectivity index (χ3n) is 1.86. The maximum atomic E-state index is 7.21. The summed E-state index contributed by atoms with van der Waals surface area (Å²) in [6.45, 7) is 1.32. The Balaban J connectivity index is 2.77. The van der Waals surface area contributed by atoms with Gasteiger partial charge >= 0.3 is 0 Å². The number of benzene rings is 1. The Hall–Kier alpha value is -1.12. The van der Waals surface area contributed by atoms with Crippen molar-refractivity contribution in [2.75, 3.05) is 0 Å². The van der Waals surface area contributed by atoms with Crippen molar-refractivity contribution in [3.05, 3.63) is 48.0 Å². The second-order valence-electron chi connectivity index (χ2n) is 2.96. The van der Waals surface area contributed by atoms with Gasteiger partial charge in [-0.25, -0.2) is 4.89 Å². The summed E-state index contributed by atoms with van der Waals surface area (Å²) in [5.74, 6) is 0. The highest BCUT2D eigenvalue weighted by Gasteiger charge is 2.09. The molecule has 0 bridgehead atoms. The first-order chi connectivity index (χ1) is 7.65. The van der Waals surface area contributed by atoms with E-state index in [2.05, 4.69) is 5.26 Å². The van der Waals surface area contributed by atoms with E-state index in [0.29, 0.717) is 12.0 Å². The van der Waals surface area contributed by atoms with E-state index >= 15 is 0 Å². The Kier molecular flexibility index (Phi) is 2.34. The van der Waals surface area contributed by atoms with Crippen LogP contribution in [0.4, 0.5) is 0 Å². The van der Waals surface area contributed by atoms with Crippen LogP contribution in [0, 0.1) is 0 Å². The van der Waals surface area contributed by atoms with E-state index in [-0.39, 0.29) is 6.53 Å². The molecule has 0 amide bonds. The molecule has 1 rings (SSSR count). The van der Waals surface area contributed by atoms with E-state index in [1.165, 1.54) is 0 Å². The lowest BCUT2D eigenvalue weighted by atomic mass is 10.0. The van der Waals surface area contributed by atoms with Gasteiger partial charge in [0, 0.05) is 6.42 Å². The van der Waals surface area contributed by atoms with Crippen LogP contribution in [0.5, 0.6) is 0 Å². The third kappa shape index (κ3) is 3.01. The Bertz CT molecular complexity index is 348. The molecule has 1 unspecified atom stereocenters. The highest BCUT2D eigenvalue weighted by molar-refractivity contribution is 5.17. The lowest BCUT2D eigenvalue weighted by molar-refractivity contribution is -0.267. The molecule has 1 aromatic rings. The van der Waals surface area contributed by atoms with Crippen molar-refractivity contribution in [2.24, 2.45) is 0 Å². The fourth-order valence-corrected chi connectivity index (χ4v) is 1.09. The van der Waals surface area contributed by atoms with Gasteiger partial charge in [0.05, 0.1) is 2.74 Å². The molecule has 0 fully saturated rings. The van der Waals surface area contributed by atoms with Crippen molar-refractivity contribution in [1.29, 1.82) is 1.43 Å². The minimum Gasteiger partial charge on any atom is -0.251 e. The predicted molar refractivity (Wildman–Crippen MR) is 52.5 cm³/mol. The molecular weight excluding hydrogens is 164 g/mol. The first-order valence-corrected chi connectivity index (χ1v) is 4.11. The minimum atomic E-state index is -0.565. The summed E-state index contributed by atoms with van der Waals surface area (Å²) in [7, 11) is 0. The largest absolute Gasteiger partial charge is 0.255 e. The van der Waals surface area contributed by atoms with Crippen LogP contribution in [-0.2, 0) is 11.3 Å². The van der Waals surface area contributed by atoms with Crippen molar-refractivity contribution in [3.63, 3.8) is 0 Å². The molecule has 70 valence electrons. The lowest BCUT2D eigenvalue weighted by Crippen LogP contribution is -2.14. The molecule has 1 aromatic carbocycles. The third-order valence-corrected chi connectivity index (χ3v) is 1.86. The number of hydrogen-bond acceptors (Lipinski definition) is 2. The summed E-state index contributed by atoms with van der Waals surface area (Å²) in [5, 5.41) is 3.90. The molecule has 2 nitrogen and oxygen atoms in total. The van der Waals surface area contributed by atoms with Gasteiger partial charge in [0.2, 0.25) is 0 Å². The predicted octanol–water partition coefficient (Wildman–Crippen LogP) is 2.66. The summed E-state index contributed by atoms with van der Waals surface area (Å²) in [5.41, 5.74) is 1.45. The maximum Gasteiger partial charge on any atom is 0.255 e. The normalized spacial score (nSPS) is 15.3. The van der Waals surface area contributed by atoms with Gasteiger partial charge in [-0.1, -0.05) is 36.9 Å². The molecule has 0 aliphatic heterocycles. The first kappa shape index (κ1) is 6.35. The smallest absolute Gasteiger partial charge is 0.251 e. The van der Waals surface area contributed by atoms with E-state index in [1.54, 1.807) is 6.92 Å². The molecule has 0 aliphatic carbocycles. The van der Waals surface area contributed by atoms with Crippen molar-refractivity contribution in [2.45, 2.75) is 19.4 Å². The molecule has 13 heavy (non-hydrogen) atoms. The minimum absolute atomic E-state index is 0.307. The van der Waals surface area contributed by atoms with Crippen LogP contribution in [0.2, 0.25) is 0 Å². The van der Waals surface area contributed by atoms with Gasteiger partial charge in [-0.3, -0.25) is 5.26 Å².